The molecule has 0 unspecified atom stereocenters. The largest absolute Gasteiger partial charge is 0.352 e. The van der Waals surface area contributed by atoms with Crippen LogP contribution in [0.1, 0.15) is 13.8 Å². The highest BCUT2D eigenvalue weighted by Gasteiger charge is 1.95. The minimum atomic E-state index is -0.0876. The van der Waals surface area contributed by atoms with Crippen molar-refractivity contribution >= 4 is 5.91 Å². The molecule has 0 rings (SSSR count). The Morgan fingerprint density at radius 2 is 2.23 bits per heavy atom. The summed E-state index contributed by atoms with van der Waals surface area (Å²) in [4.78, 5) is 11.0. The first-order valence-electron chi connectivity index (χ1n) is 4.24. The van der Waals surface area contributed by atoms with Gasteiger partial charge in [0.1, 0.15) is 0 Å². The van der Waals surface area contributed by atoms with Gasteiger partial charge in [0, 0.05) is 12.6 Å². The van der Waals surface area contributed by atoms with E-state index in [9.17, 15) is 4.79 Å². The summed E-state index contributed by atoms with van der Waals surface area (Å²) in [6.07, 6.45) is 11.2. The molecule has 13 heavy (non-hydrogen) atoms. The van der Waals surface area contributed by atoms with Crippen LogP contribution < -0.4 is 5.32 Å². The monoisotopic (exact) mass is 177 g/mol. The van der Waals surface area contributed by atoms with E-state index in [-0.39, 0.29) is 5.91 Å². The van der Waals surface area contributed by atoms with Gasteiger partial charge < -0.3 is 5.32 Å². The summed E-state index contributed by atoms with van der Waals surface area (Å²) >= 11 is 0. The Morgan fingerprint density at radius 3 is 2.77 bits per heavy atom. The molecule has 0 aliphatic carbocycles. The van der Waals surface area contributed by atoms with E-state index in [2.05, 4.69) is 11.2 Å². The van der Waals surface area contributed by atoms with Crippen LogP contribution in [-0.2, 0) is 4.79 Å². The van der Waals surface area contributed by atoms with E-state index in [1.165, 1.54) is 12.2 Å². The molecule has 0 radical (unpaired) electrons. The van der Waals surface area contributed by atoms with Crippen LogP contribution in [0.4, 0.5) is 0 Å². The van der Waals surface area contributed by atoms with E-state index >= 15 is 0 Å². The van der Waals surface area contributed by atoms with Gasteiger partial charge in [0.05, 0.1) is 0 Å². The number of hydrogen-bond donors (Lipinski definition) is 1. The van der Waals surface area contributed by atoms with Gasteiger partial charge in [-0.2, -0.15) is 0 Å². The molecule has 0 aliphatic heterocycles. The molecule has 2 nitrogen and oxygen atoms in total. The number of terminal acetylenes is 1. The molecular weight excluding hydrogens is 162 g/mol. The highest BCUT2D eigenvalue weighted by molar-refractivity contribution is 5.87. The summed E-state index contributed by atoms with van der Waals surface area (Å²) in [7, 11) is 0. The Balaban J connectivity index is 3.69. The van der Waals surface area contributed by atoms with Gasteiger partial charge in [0.2, 0.25) is 5.91 Å². The van der Waals surface area contributed by atoms with Crippen molar-refractivity contribution in [3.8, 4) is 12.3 Å². The topological polar surface area (TPSA) is 29.1 Å². The molecule has 0 aromatic rings. The highest BCUT2D eigenvalue weighted by atomic mass is 16.1. The van der Waals surface area contributed by atoms with Crippen LogP contribution in [0.3, 0.4) is 0 Å². The number of nitrogens with one attached hydrogen (secondary N) is 1. The SMILES string of the molecule is C#CC=CC=CC(=O)NCC(C)C. The van der Waals surface area contributed by atoms with E-state index in [1.54, 1.807) is 12.2 Å². The minimum Gasteiger partial charge on any atom is -0.352 e. The van der Waals surface area contributed by atoms with Gasteiger partial charge >= 0.3 is 0 Å². The number of hydrogen-bond acceptors (Lipinski definition) is 1. The molecule has 1 amide bonds. The van der Waals surface area contributed by atoms with Gasteiger partial charge in [0.15, 0.2) is 0 Å². The third kappa shape index (κ3) is 8.42. The normalized spacial score (nSPS) is 10.9. The molecule has 0 saturated carbocycles. The van der Waals surface area contributed by atoms with Crippen molar-refractivity contribution in [1.29, 1.82) is 0 Å². The van der Waals surface area contributed by atoms with Crippen molar-refractivity contribution in [3.63, 3.8) is 0 Å². The standard InChI is InChI=1S/C11H15NO/c1-4-5-6-7-8-11(13)12-9-10(2)3/h1,5-8,10H,9H2,2-3H3,(H,12,13). The van der Waals surface area contributed by atoms with Gasteiger partial charge in [-0.25, -0.2) is 0 Å². The van der Waals surface area contributed by atoms with Crippen molar-refractivity contribution in [1.82, 2.24) is 5.32 Å². The Kier molecular flexibility index (Phi) is 6.35. The maximum atomic E-state index is 11.0. The molecule has 1 N–H and O–H groups in total. The summed E-state index contributed by atoms with van der Waals surface area (Å²) in [5.41, 5.74) is 0. The van der Waals surface area contributed by atoms with Gasteiger partial charge in [0.25, 0.3) is 0 Å². The van der Waals surface area contributed by atoms with Crippen LogP contribution in [0.25, 0.3) is 0 Å². The Morgan fingerprint density at radius 1 is 1.54 bits per heavy atom. The van der Waals surface area contributed by atoms with Crippen LogP contribution in [0.2, 0.25) is 0 Å². The molecule has 0 aromatic heterocycles. The van der Waals surface area contributed by atoms with Gasteiger partial charge in [-0.05, 0) is 12.0 Å². The lowest BCUT2D eigenvalue weighted by molar-refractivity contribution is -0.116. The average Bonchev–Trinajstić information content (AvgIpc) is 2.09. The van der Waals surface area contributed by atoms with Crippen molar-refractivity contribution in [2.45, 2.75) is 13.8 Å². The molecule has 0 aliphatic rings. The second-order valence-corrected chi connectivity index (χ2v) is 3.02. The zero-order chi connectivity index (χ0) is 10.1. The average molecular weight is 177 g/mol. The molecule has 70 valence electrons. The second-order valence-electron chi connectivity index (χ2n) is 3.02. The first-order chi connectivity index (χ1) is 6.16. The summed E-state index contributed by atoms with van der Waals surface area (Å²) in [5, 5.41) is 2.75. The van der Waals surface area contributed by atoms with Crippen LogP contribution >= 0.6 is 0 Å². The van der Waals surface area contributed by atoms with E-state index in [0.29, 0.717) is 12.5 Å². The van der Waals surface area contributed by atoms with Crippen LogP contribution in [0, 0.1) is 18.3 Å². The van der Waals surface area contributed by atoms with Crippen LogP contribution in [0.5, 0.6) is 0 Å². The van der Waals surface area contributed by atoms with E-state index in [4.69, 9.17) is 6.42 Å². The molecule has 2 heteroatoms. The number of allylic oxidation sites excluding steroid dienone is 3. The third-order valence-corrected chi connectivity index (χ3v) is 1.24. The molecule has 0 heterocycles. The zero-order valence-corrected chi connectivity index (χ0v) is 8.08. The Bertz CT molecular complexity index is 243. The van der Waals surface area contributed by atoms with Gasteiger partial charge in [-0.3, -0.25) is 4.79 Å². The minimum absolute atomic E-state index is 0.0876. The van der Waals surface area contributed by atoms with Crippen molar-refractivity contribution < 1.29 is 4.79 Å². The molecular formula is C11H15NO. The van der Waals surface area contributed by atoms with E-state index in [0.717, 1.165) is 0 Å². The van der Waals surface area contributed by atoms with Crippen molar-refractivity contribution in [2.24, 2.45) is 5.92 Å². The number of amides is 1. The first kappa shape index (κ1) is 11.5. The number of rotatable bonds is 4. The fourth-order valence-corrected chi connectivity index (χ4v) is 0.618. The van der Waals surface area contributed by atoms with Crippen LogP contribution in [-0.4, -0.2) is 12.5 Å². The lowest BCUT2D eigenvalue weighted by Crippen LogP contribution is -2.25. The maximum absolute atomic E-state index is 11.0. The van der Waals surface area contributed by atoms with Crippen molar-refractivity contribution in [3.05, 3.63) is 24.3 Å². The Hall–Kier alpha value is -1.49. The fourth-order valence-electron chi connectivity index (χ4n) is 0.618. The predicted octanol–water partition coefficient (Wildman–Crippen LogP) is 1.50. The first-order valence-corrected chi connectivity index (χ1v) is 4.24. The molecule has 0 saturated heterocycles. The summed E-state index contributed by atoms with van der Waals surface area (Å²) in [5.74, 6) is 2.71. The fraction of sp³-hybridized carbons (Fsp3) is 0.364. The lowest BCUT2D eigenvalue weighted by atomic mass is 10.2. The van der Waals surface area contributed by atoms with Crippen LogP contribution in [0.15, 0.2) is 24.3 Å². The highest BCUT2D eigenvalue weighted by Crippen LogP contribution is 1.87. The quantitative estimate of drug-likeness (QED) is 0.393. The summed E-state index contributed by atoms with van der Waals surface area (Å²) in [6, 6.07) is 0. The molecule has 0 aromatic carbocycles. The zero-order valence-electron chi connectivity index (χ0n) is 8.08. The maximum Gasteiger partial charge on any atom is 0.243 e. The third-order valence-electron chi connectivity index (χ3n) is 1.24. The summed E-state index contributed by atoms with van der Waals surface area (Å²) in [6.45, 7) is 4.78. The van der Waals surface area contributed by atoms with Gasteiger partial charge in [-0.1, -0.05) is 31.9 Å². The van der Waals surface area contributed by atoms with Gasteiger partial charge in [-0.15, -0.1) is 6.42 Å². The van der Waals surface area contributed by atoms with E-state index < -0.39 is 0 Å². The van der Waals surface area contributed by atoms with E-state index in [1.807, 2.05) is 13.8 Å². The molecule has 0 spiro atoms. The molecule has 0 bridgehead atoms. The Labute approximate surface area is 79.7 Å². The van der Waals surface area contributed by atoms with Crippen molar-refractivity contribution in [2.75, 3.05) is 6.54 Å². The lowest BCUT2D eigenvalue weighted by Gasteiger charge is -2.03. The molecule has 0 atom stereocenters. The summed E-state index contributed by atoms with van der Waals surface area (Å²) < 4.78 is 0. The second kappa shape index (κ2) is 7.17. The predicted molar refractivity (Wildman–Crippen MR) is 55.0 cm³/mol. The smallest absolute Gasteiger partial charge is 0.243 e. The number of carbonyl (C=O) groups is 1. The number of carbonyl (C=O) groups excluding carboxylic acids is 1. The molecule has 0 fully saturated rings.